The standard InChI is InChI=1S/C15H23ClFN/c1-5-11(6-2)15(18-7-3)12-8-10(4)14(17)9-13(12)16/h8-9,11,15,18H,5-7H2,1-4H3. The minimum Gasteiger partial charge on any atom is -0.310 e. The van der Waals surface area contributed by atoms with Gasteiger partial charge in [-0.1, -0.05) is 51.3 Å². The van der Waals surface area contributed by atoms with Crippen molar-refractivity contribution in [3.05, 3.63) is 34.1 Å². The van der Waals surface area contributed by atoms with E-state index in [2.05, 4.69) is 26.1 Å². The SMILES string of the molecule is CCNC(c1cc(C)c(F)cc1Cl)C(CC)CC. The van der Waals surface area contributed by atoms with Gasteiger partial charge >= 0.3 is 0 Å². The maximum absolute atomic E-state index is 13.5. The molecule has 1 atom stereocenters. The predicted molar refractivity (Wildman–Crippen MR) is 76.6 cm³/mol. The Morgan fingerprint density at radius 2 is 1.83 bits per heavy atom. The average molecular weight is 272 g/mol. The van der Waals surface area contributed by atoms with Gasteiger partial charge in [-0.2, -0.15) is 0 Å². The number of halogens is 2. The second-order valence-electron chi connectivity index (χ2n) is 4.73. The van der Waals surface area contributed by atoms with Crippen LogP contribution in [0, 0.1) is 18.7 Å². The molecule has 0 aliphatic carbocycles. The molecule has 0 bridgehead atoms. The summed E-state index contributed by atoms with van der Waals surface area (Å²) in [5.74, 6) is 0.288. The predicted octanol–water partition coefficient (Wildman–Crippen LogP) is 4.87. The van der Waals surface area contributed by atoms with Crippen LogP contribution in [0.25, 0.3) is 0 Å². The lowest BCUT2D eigenvalue weighted by atomic mass is 9.88. The Hall–Kier alpha value is -0.600. The first-order valence-corrected chi connectivity index (χ1v) is 7.11. The number of rotatable bonds is 6. The second kappa shape index (κ2) is 7.10. The van der Waals surface area contributed by atoms with Gasteiger partial charge in [0.1, 0.15) is 5.82 Å². The van der Waals surface area contributed by atoms with E-state index in [0.717, 1.165) is 24.9 Å². The molecule has 1 N–H and O–H groups in total. The Kier molecular flexibility index (Phi) is 6.10. The van der Waals surface area contributed by atoms with Crippen molar-refractivity contribution in [2.75, 3.05) is 6.54 Å². The van der Waals surface area contributed by atoms with E-state index >= 15 is 0 Å². The van der Waals surface area contributed by atoms with Crippen LogP contribution in [0.2, 0.25) is 5.02 Å². The molecule has 0 saturated heterocycles. The quantitative estimate of drug-likeness (QED) is 0.778. The zero-order chi connectivity index (χ0) is 13.7. The lowest BCUT2D eigenvalue weighted by Crippen LogP contribution is -2.28. The highest BCUT2D eigenvalue weighted by Crippen LogP contribution is 2.33. The van der Waals surface area contributed by atoms with Gasteiger partial charge in [0.15, 0.2) is 0 Å². The monoisotopic (exact) mass is 271 g/mol. The summed E-state index contributed by atoms with van der Waals surface area (Å²) in [7, 11) is 0. The first kappa shape index (κ1) is 15.5. The summed E-state index contributed by atoms with van der Waals surface area (Å²) in [5, 5.41) is 4.01. The number of benzene rings is 1. The van der Waals surface area contributed by atoms with Crippen LogP contribution >= 0.6 is 11.6 Å². The van der Waals surface area contributed by atoms with E-state index in [4.69, 9.17) is 11.6 Å². The van der Waals surface area contributed by atoms with E-state index in [9.17, 15) is 4.39 Å². The van der Waals surface area contributed by atoms with Gasteiger partial charge in [0, 0.05) is 11.1 Å². The smallest absolute Gasteiger partial charge is 0.127 e. The summed E-state index contributed by atoms with van der Waals surface area (Å²) < 4.78 is 13.5. The first-order chi connectivity index (χ1) is 8.54. The molecule has 0 aromatic heterocycles. The zero-order valence-electron chi connectivity index (χ0n) is 11.7. The minimum atomic E-state index is -0.233. The lowest BCUT2D eigenvalue weighted by molar-refractivity contribution is 0.346. The number of nitrogens with one attached hydrogen (secondary N) is 1. The van der Waals surface area contributed by atoms with E-state index in [1.807, 2.05) is 6.07 Å². The van der Waals surface area contributed by atoms with Gasteiger partial charge in [-0.25, -0.2) is 4.39 Å². The van der Waals surface area contributed by atoms with Crippen LogP contribution in [-0.4, -0.2) is 6.54 Å². The molecule has 1 aromatic rings. The number of aryl methyl sites for hydroxylation is 1. The Labute approximate surface area is 115 Å². The third-order valence-corrected chi connectivity index (χ3v) is 3.88. The molecule has 0 fully saturated rings. The van der Waals surface area contributed by atoms with Gasteiger partial charge in [0.25, 0.3) is 0 Å². The molecule has 102 valence electrons. The van der Waals surface area contributed by atoms with Gasteiger partial charge in [0.05, 0.1) is 0 Å². The van der Waals surface area contributed by atoms with E-state index in [1.54, 1.807) is 6.92 Å². The van der Waals surface area contributed by atoms with E-state index < -0.39 is 0 Å². The van der Waals surface area contributed by atoms with Crippen molar-refractivity contribution in [1.82, 2.24) is 5.32 Å². The first-order valence-electron chi connectivity index (χ1n) is 6.73. The summed E-state index contributed by atoms with van der Waals surface area (Å²) in [6, 6.07) is 3.51. The molecule has 0 aliphatic heterocycles. The second-order valence-corrected chi connectivity index (χ2v) is 5.14. The zero-order valence-corrected chi connectivity index (χ0v) is 12.4. The molecule has 0 heterocycles. The van der Waals surface area contributed by atoms with Crippen molar-refractivity contribution in [3.8, 4) is 0 Å². The van der Waals surface area contributed by atoms with Gasteiger partial charge < -0.3 is 5.32 Å². The summed E-state index contributed by atoms with van der Waals surface area (Å²) in [5.41, 5.74) is 1.68. The maximum Gasteiger partial charge on any atom is 0.127 e. The number of hydrogen-bond donors (Lipinski definition) is 1. The van der Waals surface area contributed by atoms with E-state index in [0.29, 0.717) is 16.5 Å². The Bertz CT molecular complexity index is 388. The van der Waals surface area contributed by atoms with Crippen LogP contribution < -0.4 is 5.32 Å². The highest BCUT2D eigenvalue weighted by molar-refractivity contribution is 6.31. The maximum atomic E-state index is 13.5. The molecular weight excluding hydrogens is 249 g/mol. The van der Waals surface area contributed by atoms with Crippen molar-refractivity contribution < 1.29 is 4.39 Å². The summed E-state index contributed by atoms with van der Waals surface area (Å²) in [6.07, 6.45) is 2.17. The summed E-state index contributed by atoms with van der Waals surface area (Å²) in [4.78, 5) is 0. The summed E-state index contributed by atoms with van der Waals surface area (Å²) in [6.45, 7) is 9.12. The highest BCUT2D eigenvalue weighted by atomic mass is 35.5. The Morgan fingerprint density at radius 1 is 1.22 bits per heavy atom. The van der Waals surface area contributed by atoms with Crippen LogP contribution in [0.15, 0.2) is 12.1 Å². The molecule has 3 heteroatoms. The van der Waals surface area contributed by atoms with Crippen LogP contribution in [0.1, 0.15) is 50.8 Å². The molecule has 0 radical (unpaired) electrons. The van der Waals surface area contributed by atoms with Gasteiger partial charge in [-0.15, -0.1) is 0 Å². The molecule has 1 aromatic carbocycles. The molecular formula is C15H23ClFN. The molecule has 0 amide bonds. The Morgan fingerprint density at radius 3 is 2.33 bits per heavy atom. The van der Waals surface area contributed by atoms with E-state index in [-0.39, 0.29) is 11.9 Å². The number of hydrogen-bond acceptors (Lipinski definition) is 1. The van der Waals surface area contributed by atoms with Crippen LogP contribution in [0.3, 0.4) is 0 Å². The Balaban J connectivity index is 3.16. The lowest BCUT2D eigenvalue weighted by Gasteiger charge is -2.27. The van der Waals surface area contributed by atoms with Gasteiger partial charge in [-0.3, -0.25) is 0 Å². The average Bonchev–Trinajstić information content (AvgIpc) is 2.34. The van der Waals surface area contributed by atoms with Crippen molar-refractivity contribution in [3.63, 3.8) is 0 Å². The topological polar surface area (TPSA) is 12.0 Å². The third-order valence-electron chi connectivity index (χ3n) is 3.56. The molecule has 1 unspecified atom stereocenters. The highest BCUT2D eigenvalue weighted by Gasteiger charge is 2.22. The fraction of sp³-hybridized carbons (Fsp3) is 0.600. The van der Waals surface area contributed by atoms with Crippen LogP contribution in [-0.2, 0) is 0 Å². The molecule has 1 rings (SSSR count). The van der Waals surface area contributed by atoms with Crippen LogP contribution in [0.4, 0.5) is 4.39 Å². The van der Waals surface area contributed by atoms with E-state index in [1.165, 1.54) is 6.07 Å². The molecule has 0 spiro atoms. The van der Waals surface area contributed by atoms with Crippen molar-refractivity contribution in [2.24, 2.45) is 5.92 Å². The fourth-order valence-corrected chi connectivity index (χ4v) is 2.70. The molecule has 0 aliphatic rings. The van der Waals surface area contributed by atoms with Gasteiger partial charge in [-0.05, 0) is 36.6 Å². The van der Waals surface area contributed by atoms with Crippen molar-refractivity contribution in [2.45, 2.75) is 46.6 Å². The van der Waals surface area contributed by atoms with Crippen molar-refractivity contribution >= 4 is 11.6 Å². The normalized spacial score (nSPS) is 13.1. The largest absolute Gasteiger partial charge is 0.310 e. The summed E-state index contributed by atoms with van der Waals surface area (Å²) >= 11 is 6.21. The molecule has 18 heavy (non-hydrogen) atoms. The molecule has 0 saturated carbocycles. The fourth-order valence-electron chi connectivity index (χ4n) is 2.43. The van der Waals surface area contributed by atoms with Crippen molar-refractivity contribution in [1.29, 1.82) is 0 Å². The van der Waals surface area contributed by atoms with Gasteiger partial charge in [0.2, 0.25) is 0 Å². The molecule has 1 nitrogen and oxygen atoms in total. The van der Waals surface area contributed by atoms with Crippen LogP contribution in [0.5, 0.6) is 0 Å². The third kappa shape index (κ3) is 3.46. The minimum absolute atomic E-state index is 0.205.